The lowest BCUT2D eigenvalue weighted by Crippen LogP contribution is -2.66. The average Bonchev–Trinajstić information content (AvgIpc) is 2.83. The van der Waals surface area contributed by atoms with Crippen LogP contribution in [-0.4, -0.2) is 65.5 Å². The zero-order valence-electron chi connectivity index (χ0n) is 21.6. The van der Waals surface area contributed by atoms with Gasteiger partial charge in [0, 0.05) is 6.54 Å². The molecule has 0 aromatic heterocycles. The molecular weight excluding hydrogens is 506 g/mol. The Morgan fingerprint density at radius 1 is 1.08 bits per heavy atom. The molecule has 0 saturated heterocycles. The predicted octanol–water partition coefficient (Wildman–Crippen LogP) is 1.09. The van der Waals surface area contributed by atoms with Crippen LogP contribution >= 0.6 is 0 Å². The fourth-order valence-electron chi connectivity index (χ4n) is 3.48. The van der Waals surface area contributed by atoms with Crippen LogP contribution in [0.2, 0.25) is 0 Å². The van der Waals surface area contributed by atoms with Crippen molar-refractivity contribution in [3.63, 3.8) is 0 Å². The van der Waals surface area contributed by atoms with Crippen LogP contribution in [0.15, 0.2) is 35.3 Å². The second-order valence-electron chi connectivity index (χ2n) is 9.10. The van der Waals surface area contributed by atoms with Gasteiger partial charge in [0.25, 0.3) is 12.3 Å². The first-order valence-corrected chi connectivity index (χ1v) is 11.9. The number of hydrogen-bond donors (Lipinski definition) is 6. The number of nitrogens with one attached hydrogen (secondary N) is 3. The van der Waals surface area contributed by atoms with Gasteiger partial charge in [-0.1, -0.05) is 44.2 Å². The maximum absolute atomic E-state index is 14.3. The largest absolute Gasteiger partial charge is 0.480 e. The summed E-state index contributed by atoms with van der Waals surface area (Å²) in [6.45, 7) is 4.28. The molecule has 0 saturated carbocycles. The normalized spacial score (nSPS) is 14.1. The van der Waals surface area contributed by atoms with E-state index in [1.807, 2.05) is 5.32 Å². The number of alkyl carbamates (subject to hydrolysis) is 1. The lowest BCUT2D eigenvalue weighted by Gasteiger charge is -2.34. The molecule has 0 aliphatic carbocycles. The van der Waals surface area contributed by atoms with Gasteiger partial charge < -0.3 is 37.3 Å². The Labute approximate surface area is 219 Å². The number of amides is 3. The summed E-state index contributed by atoms with van der Waals surface area (Å²) in [6, 6.07) is 5.75. The number of carbonyl (C=O) groups excluding carboxylic acids is 3. The van der Waals surface area contributed by atoms with Crippen LogP contribution in [0.25, 0.3) is 0 Å². The number of carboxylic acids is 1. The molecule has 0 heterocycles. The minimum absolute atomic E-state index is 0.0261. The van der Waals surface area contributed by atoms with Gasteiger partial charge in [-0.05, 0) is 37.7 Å². The van der Waals surface area contributed by atoms with Crippen molar-refractivity contribution in [2.45, 2.75) is 70.7 Å². The second-order valence-corrected chi connectivity index (χ2v) is 9.10. The van der Waals surface area contributed by atoms with Gasteiger partial charge in [0.15, 0.2) is 11.5 Å². The van der Waals surface area contributed by atoms with Crippen molar-refractivity contribution >= 4 is 29.8 Å². The molecule has 12 nitrogen and oxygen atoms in total. The summed E-state index contributed by atoms with van der Waals surface area (Å²) < 4.78 is 33.7. The number of rotatable bonds is 15. The maximum atomic E-state index is 14.3. The topological polar surface area (TPSA) is 198 Å². The first kappa shape index (κ1) is 32.1. The molecule has 1 aromatic rings. The van der Waals surface area contributed by atoms with Crippen molar-refractivity contribution in [3.8, 4) is 0 Å². The van der Waals surface area contributed by atoms with Crippen LogP contribution in [0.1, 0.15) is 45.6 Å². The Hall–Kier alpha value is -3.97. The summed E-state index contributed by atoms with van der Waals surface area (Å²) >= 11 is 0. The summed E-state index contributed by atoms with van der Waals surface area (Å²) in [5.41, 5.74) is 8.32. The van der Waals surface area contributed by atoms with Crippen molar-refractivity contribution in [1.29, 1.82) is 0 Å². The number of alkyl halides is 2. The Morgan fingerprint density at radius 2 is 1.71 bits per heavy atom. The first-order chi connectivity index (χ1) is 17.8. The Kier molecular flexibility index (Phi) is 12.9. The fourth-order valence-corrected chi connectivity index (χ4v) is 3.48. The van der Waals surface area contributed by atoms with Crippen LogP contribution in [0.5, 0.6) is 0 Å². The third kappa shape index (κ3) is 10.6. The number of halogens is 2. The van der Waals surface area contributed by atoms with E-state index in [0.717, 1.165) is 0 Å². The molecular formula is C24H36F2N6O6. The highest BCUT2D eigenvalue weighted by molar-refractivity contribution is 5.95. The van der Waals surface area contributed by atoms with Crippen molar-refractivity contribution in [2.75, 3.05) is 6.54 Å². The van der Waals surface area contributed by atoms with Gasteiger partial charge >= 0.3 is 12.1 Å². The fraction of sp³-hybridized carbons (Fsp3) is 0.542. The van der Waals surface area contributed by atoms with E-state index in [2.05, 4.69) is 15.6 Å². The number of benzene rings is 1. The highest BCUT2D eigenvalue weighted by atomic mass is 19.3. The zero-order chi connectivity index (χ0) is 28.9. The molecule has 3 amide bonds. The number of ether oxygens (including phenoxy) is 1. The van der Waals surface area contributed by atoms with Gasteiger partial charge in [0.2, 0.25) is 5.91 Å². The third-order valence-electron chi connectivity index (χ3n) is 5.35. The van der Waals surface area contributed by atoms with Gasteiger partial charge in [-0.2, -0.15) is 0 Å². The van der Waals surface area contributed by atoms with E-state index >= 15 is 0 Å². The van der Waals surface area contributed by atoms with Crippen LogP contribution in [0, 0.1) is 5.92 Å². The molecule has 1 rings (SSSR count). The summed E-state index contributed by atoms with van der Waals surface area (Å²) in [5.74, 6) is -4.22. The second kappa shape index (κ2) is 15.3. The van der Waals surface area contributed by atoms with Crippen molar-refractivity contribution < 1.29 is 37.8 Å². The van der Waals surface area contributed by atoms with E-state index in [-0.39, 0.29) is 32.0 Å². The first-order valence-electron chi connectivity index (χ1n) is 11.9. The zero-order valence-corrected chi connectivity index (χ0v) is 21.6. The number of aliphatic imine (C=N–C) groups is 1. The van der Waals surface area contributed by atoms with E-state index in [4.69, 9.17) is 16.2 Å². The highest BCUT2D eigenvalue weighted by Gasteiger charge is 2.50. The molecule has 3 atom stereocenters. The van der Waals surface area contributed by atoms with Crippen molar-refractivity contribution in [2.24, 2.45) is 22.4 Å². The Morgan fingerprint density at radius 3 is 2.24 bits per heavy atom. The van der Waals surface area contributed by atoms with Crippen molar-refractivity contribution in [3.05, 3.63) is 35.9 Å². The monoisotopic (exact) mass is 542 g/mol. The third-order valence-corrected chi connectivity index (χ3v) is 5.35. The van der Waals surface area contributed by atoms with Crippen LogP contribution in [-0.2, 0) is 25.7 Å². The minimum atomic E-state index is -3.35. The number of nitrogens with two attached hydrogens (primary N) is 2. The molecule has 0 aliphatic rings. The number of guanidine groups is 1. The molecule has 0 fully saturated rings. The lowest BCUT2D eigenvalue weighted by atomic mass is 9.87. The van der Waals surface area contributed by atoms with E-state index < -0.39 is 60.3 Å². The lowest BCUT2D eigenvalue weighted by molar-refractivity contribution is -0.143. The van der Waals surface area contributed by atoms with Crippen LogP contribution in [0.4, 0.5) is 13.6 Å². The molecule has 1 unspecified atom stereocenters. The highest BCUT2D eigenvalue weighted by Crippen LogP contribution is 2.26. The molecule has 14 heteroatoms. The smallest absolute Gasteiger partial charge is 0.408 e. The molecule has 0 spiro atoms. The Balaban J connectivity index is 2.93. The summed E-state index contributed by atoms with van der Waals surface area (Å²) in [7, 11) is 0. The van der Waals surface area contributed by atoms with Crippen LogP contribution < -0.4 is 27.4 Å². The quantitative estimate of drug-likeness (QED) is 0.107. The van der Waals surface area contributed by atoms with Gasteiger partial charge in [-0.3, -0.25) is 14.6 Å². The van der Waals surface area contributed by atoms with Gasteiger partial charge in [-0.15, -0.1) is 0 Å². The molecule has 1 aromatic carbocycles. The van der Waals surface area contributed by atoms with Crippen molar-refractivity contribution in [1.82, 2.24) is 16.0 Å². The minimum Gasteiger partial charge on any atom is -0.480 e. The number of hydrogen-bond acceptors (Lipinski definition) is 6. The number of nitrogens with zero attached hydrogens (tertiary/aromatic N) is 1. The molecule has 8 N–H and O–H groups in total. The molecule has 212 valence electrons. The summed E-state index contributed by atoms with van der Waals surface area (Å²) in [6.07, 6.45) is -4.86. The van der Waals surface area contributed by atoms with Crippen LogP contribution in [0.3, 0.4) is 0 Å². The standard InChI is InChI=1S/C24H36F2N6O6/c1-14(2)12-24(20(25)26,32-23(37)38-13-16-8-5-4-6-9-16)21(36)30-15(3)18(33)31-17(19(34)35)10-7-11-29-22(27)28/h4-6,8-9,14-15,17,20H,7,10-13H2,1-3H3,(H,30,36)(H,31,33)(H,32,37)(H,34,35)(H4,27,28,29)/t15-,17-,24?/m0/s1. The molecule has 0 bridgehead atoms. The van der Waals surface area contributed by atoms with E-state index in [1.165, 1.54) is 6.92 Å². The van der Waals surface area contributed by atoms with Gasteiger partial charge in [0.05, 0.1) is 0 Å². The number of carbonyl (C=O) groups is 4. The van der Waals surface area contributed by atoms with E-state index in [1.54, 1.807) is 44.2 Å². The maximum Gasteiger partial charge on any atom is 0.408 e. The number of carboxylic acid groups (broad SMARTS) is 1. The SMILES string of the molecule is CC(C)CC(NC(=O)OCc1ccccc1)(C(=O)N[C@@H](C)C(=O)N[C@@H](CCCN=C(N)N)C(=O)O)C(F)F. The predicted molar refractivity (Wildman–Crippen MR) is 135 cm³/mol. The van der Waals surface area contributed by atoms with Gasteiger partial charge in [-0.25, -0.2) is 18.4 Å². The average molecular weight is 543 g/mol. The summed E-state index contributed by atoms with van der Waals surface area (Å²) in [5, 5.41) is 15.8. The molecule has 0 aliphatic heterocycles. The summed E-state index contributed by atoms with van der Waals surface area (Å²) in [4.78, 5) is 53.3. The van der Waals surface area contributed by atoms with E-state index in [9.17, 15) is 33.1 Å². The Bertz CT molecular complexity index is 974. The number of aliphatic carboxylic acids is 1. The van der Waals surface area contributed by atoms with E-state index in [0.29, 0.717) is 5.56 Å². The molecule has 38 heavy (non-hydrogen) atoms. The molecule has 0 radical (unpaired) electrons. The van der Waals surface area contributed by atoms with Gasteiger partial charge in [0.1, 0.15) is 18.7 Å².